The Morgan fingerprint density at radius 2 is 1.87 bits per heavy atom. The first kappa shape index (κ1) is 20.0. The summed E-state index contributed by atoms with van der Waals surface area (Å²) in [6.07, 6.45) is 7.07. The first-order valence-electron chi connectivity index (χ1n) is 11.2. The molecular formula is C22H30N4O3S. The van der Waals surface area contributed by atoms with Crippen molar-refractivity contribution in [1.82, 2.24) is 20.1 Å². The van der Waals surface area contributed by atoms with Crippen LogP contribution in [0.15, 0.2) is 6.07 Å². The Morgan fingerprint density at radius 1 is 1.13 bits per heavy atom. The van der Waals surface area contributed by atoms with Gasteiger partial charge >= 0.3 is 0 Å². The summed E-state index contributed by atoms with van der Waals surface area (Å²) in [5, 5.41) is 8.69. The van der Waals surface area contributed by atoms with Crippen molar-refractivity contribution < 1.29 is 13.2 Å². The Hall–Kier alpha value is -1.96. The van der Waals surface area contributed by atoms with Gasteiger partial charge in [0.2, 0.25) is 0 Å². The molecule has 1 atom stereocenters. The molecule has 30 heavy (non-hydrogen) atoms. The molecule has 5 rings (SSSR count). The van der Waals surface area contributed by atoms with Gasteiger partial charge in [-0.05, 0) is 63.9 Å². The summed E-state index contributed by atoms with van der Waals surface area (Å²) in [5.74, 6) is 1.36. The van der Waals surface area contributed by atoms with Crippen LogP contribution in [-0.4, -0.2) is 46.6 Å². The van der Waals surface area contributed by atoms with Crippen LogP contribution in [0.5, 0.6) is 0 Å². The Morgan fingerprint density at radius 3 is 2.50 bits per heavy atom. The van der Waals surface area contributed by atoms with Gasteiger partial charge in [-0.1, -0.05) is 6.92 Å². The molecule has 1 saturated heterocycles. The van der Waals surface area contributed by atoms with Crippen molar-refractivity contribution >= 4 is 26.8 Å². The molecule has 0 aromatic carbocycles. The van der Waals surface area contributed by atoms with Crippen LogP contribution in [-0.2, 0) is 9.84 Å². The predicted octanol–water partition coefficient (Wildman–Crippen LogP) is 3.29. The highest BCUT2D eigenvalue weighted by Gasteiger charge is 2.34. The van der Waals surface area contributed by atoms with E-state index in [1.165, 1.54) is 0 Å². The topological polar surface area (TPSA) is 93.9 Å². The zero-order chi connectivity index (χ0) is 21.0. The van der Waals surface area contributed by atoms with E-state index in [0.717, 1.165) is 61.2 Å². The molecule has 0 bridgehead atoms. The number of fused-ring (bicyclic) bond motifs is 1. The molecular weight excluding hydrogens is 400 g/mol. The molecule has 3 heterocycles. The smallest absolute Gasteiger partial charge is 0.252 e. The number of hydrogen-bond donors (Lipinski definition) is 1. The third kappa shape index (κ3) is 3.74. The molecule has 1 unspecified atom stereocenters. The molecule has 7 nitrogen and oxygen atoms in total. The van der Waals surface area contributed by atoms with Crippen LogP contribution in [0.2, 0.25) is 0 Å². The molecule has 8 heteroatoms. The van der Waals surface area contributed by atoms with Gasteiger partial charge in [0, 0.05) is 17.7 Å². The van der Waals surface area contributed by atoms with Gasteiger partial charge in [-0.2, -0.15) is 5.10 Å². The fourth-order valence-electron chi connectivity index (χ4n) is 4.99. The number of rotatable bonds is 4. The second-order valence-corrected chi connectivity index (χ2v) is 11.8. The van der Waals surface area contributed by atoms with E-state index in [9.17, 15) is 13.2 Å². The molecule has 2 saturated carbocycles. The second kappa shape index (κ2) is 7.32. The maximum Gasteiger partial charge on any atom is 0.252 e. The van der Waals surface area contributed by atoms with Crippen LogP contribution in [0.1, 0.15) is 85.6 Å². The lowest BCUT2D eigenvalue weighted by atomic mass is 9.87. The number of carbonyl (C=O) groups excluding carboxylic acids is 1. The van der Waals surface area contributed by atoms with Crippen LogP contribution in [0.25, 0.3) is 11.0 Å². The van der Waals surface area contributed by atoms with Gasteiger partial charge in [0.15, 0.2) is 15.5 Å². The fraction of sp³-hybridized carbons (Fsp3) is 0.682. The van der Waals surface area contributed by atoms with Crippen LogP contribution in [0.4, 0.5) is 0 Å². The summed E-state index contributed by atoms with van der Waals surface area (Å²) in [7, 11) is -3.04. The lowest BCUT2D eigenvalue weighted by molar-refractivity contribution is 0.0924. The number of amides is 1. The van der Waals surface area contributed by atoms with E-state index in [2.05, 4.69) is 17.3 Å². The van der Waals surface area contributed by atoms with E-state index in [1.807, 2.05) is 13.0 Å². The third-order valence-corrected chi connectivity index (χ3v) is 8.75. The number of carbonyl (C=O) groups is 1. The summed E-state index contributed by atoms with van der Waals surface area (Å²) in [5.41, 5.74) is 2.99. The van der Waals surface area contributed by atoms with E-state index in [4.69, 9.17) is 4.98 Å². The summed E-state index contributed by atoms with van der Waals surface area (Å²) in [4.78, 5) is 18.2. The van der Waals surface area contributed by atoms with Gasteiger partial charge in [0.05, 0.1) is 34.2 Å². The van der Waals surface area contributed by atoms with Crippen LogP contribution < -0.4 is 5.32 Å². The minimum atomic E-state index is -3.04. The molecule has 1 N–H and O–H groups in total. The summed E-state index contributed by atoms with van der Waals surface area (Å²) in [6, 6.07) is 1.96. The van der Waals surface area contributed by atoms with Crippen LogP contribution in [0, 0.1) is 12.8 Å². The molecule has 2 aromatic rings. The Bertz CT molecular complexity index is 1100. The molecule has 0 radical (unpaired) electrons. The average Bonchev–Trinajstić information content (AvgIpc) is 3.42. The van der Waals surface area contributed by atoms with Crippen molar-refractivity contribution in [3.8, 4) is 0 Å². The maximum absolute atomic E-state index is 13.3. The lowest BCUT2D eigenvalue weighted by Crippen LogP contribution is -2.37. The summed E-state index contributed by atoms with van der Waals surface area (Å²) >= 11 is 0. The Kier molecular flexibility index (Phi) is 4.87. The van der Waals surface area contributed by atoms with Crippen molar-refractivity contribution in [2.24, 2.45) is 5.92 Å². The summed E-state index contributed by atoms with van der Waals surface area (Å²) in [6.45, 7) is 4.16. The second-order valence-electron chi connectivity index (χ2n) is 9.58. The number of nitrogens with zero attached hydrogens (tertiary/aromatic N) is 3. The molecule has 2 aliphatic carbocycles. The highest BCUT2D eigenvalue weighted by atomic mass is 32.2. The first-order valence-corrected chi connectivity index (χ1v) is 13.0. The molecule has 2 aromatic heterocycles. The highest BCUT2D eigenvalue weighted by molar-refractivity contribution is 7.91. The lowest BCUT2D eigenvalue weighted by Gasteiger charge is -2.27. The van der Waals surface area contributed by atoms with Crippen molar-refractivity contribution in [1.29, 1.82) is 0 Å². The molecule has 162 valence electrons. The molecule has 3 aliphatic rings. The minimum absolute atomic E-state index is 0.0504. The monoisotopic (exact) mass is 430 g/mol. The number of pyridine rings is 1. The van der Waals surface area contributed by atoms with E-state index in [0.29, 0.717) is 23.5 Å². The van der Waals surface area contributed by atoms with E-state index in [1.54, 1.807) is 4.68 Å². The van der Waals surface area contributed by atoms with Gasteiger partial charge in [-0.15, -0.1) is 0 Å². The number of sulfone groups is 1. The Labute approximate surface area is 177 Å². The largest absolute Gasteiger partial charge is 0.349 e. The summed E-state index contributed by atoms with van der Waals surface area (Å²) < 4.78 is 25.9. The van der Waals surface area contributed by atoms with Crippen LogP contribution >= 0.6 is 0 Å². The Balaban J connectivity index is 1.53. The molecule has 1 amide bonds. The van der Waals surface area contributed by atoms with Gasteiger partial charge < -0.3 is 5.32 Å². The standard InChI is InChI=1S/C22H30N4O3S/c1-13-3-7-16(8-4-13)23-22(27)18-11-19(15-5-6-15)24-21-20(18)14(2)25-26(21)17-9-10-30(28,29)12-17/h11,13,15-17H,3-10,12H2,1-2H3,(H,23,27). The highest BCUT2D eigenvalue weighted by Crippen LogP contribution is 2.41. The van der Waals surface area contributed by atoms with Crippen molar-refractivity contribution in [3.63, 3.8) is 0 Å². The van der Waals surface area contributed by atoms with Gasteiger partial charge in [0.1, 0.15) is 0 Å². The number of nitrogens with one attached hydrogen (secondary N) is 1. The number of aromatic nitrogens is 3. The molecule has 3 fully saturated rings. The SMILES string of the molecule is Cc1nn(C2CCS(=O)(=O)C2)c2nc(C3CC3)cc(C(=O)NC3CCC(C)CC3)c12. The number of hydrogen-bond acceptors (Lipinski definition) is 5. The third-order valence-electron chi connectivity index (χ3n) is 7.00. The van der Waals surface area contributed by atoms with Gasteiger partial charge in [0.25, 0.3) is 5.91 Å². The minimum Gasteiger partial charge on any atom is -0.349 e. The van der Waals surface area contributed by atoms with E-state index >= 15 is 0 Å². The van der Waals surface area contributed by atoms with Crippen molar-refractivity contribution in [2.45, 2.75) is 76.8 Å². The van der Waals surface area contributed by atoms with Gasteiger partial charge in [-0.25, -0.2) is 18.1 Å². The van der Waals surface area contributed by atoms with Crippen LogP contribution in [0.3, 0.4) is 0 Å². The predicted molar refractivity (Wildman–Crippen MR) is 115 cm³/mol. The normalized spacial score (nSPS) is 28.7. The molecule has 0 spiro atoms. The first-order chi connectivity index (χ1) is 14.3. The van der Waals surface area contributed by atoms with E-state index < -0.39 is 9.84 Å². The molecule has 1 aliphatic heterocycles. The van der Waals surface area contributed by atoms with Gasteiger partial charge in [-0.3, -0.25) is 4.79 Å². The zero-order valence-corrected chi connectivity index (χ0v) is 18.5. The van der Waals surface area contributed by atoms with Crippen molar-refractivity contribution in [3.05, 3.63) is 23.0 Å². The fourth-order valence-corrected chi connectivity index (χ4v) is 6.68. The quantitative estimate of drug-likeness (QED) is 0.803. The number of aryl methyl sites for hydroxylation is 1. The van der Waals surface area contributed by atoms with Crippen molar-refractivity contribution in [2.75, 3.05) is 11.5 Å². The maximum atomic E-state index is 13.3. The average molecular weight is 431 g/mol. The van der Waals surface area contributed by atoms with E-state index in [-0.39, 0.29) is 29.5 Å². The zero-order valence-electron chi connectivity index (χ0n) is 17.7.